The van der Waals surface area contributed by atoms with Gasteiger partial charge in [-0.2, -0.15) is 0 Å². The molecule has 1 aliphatic rings. The average molecular weight is 263 g/mol. The highest BCUT2D eigenvalue weighted by atomic mass is 16.5. The van der Waals surface area contributed by atoms with Crippen LogP contribution in [0.25, 0.3) is 0 Å². The Morgan fingerprint density at radius 2 is 1.95 bits per heavy atom. The molecule has 1 aliphatic heterocycles. The van der Waals surface area contributed by atoms with Crippen molar-refractivity contribution in [1.82, 2.24) is 0 Å². The molecule has 1 saturated heterocycles. The smallest absolute Gasteiger partial charge is 0.118 e. The molecule has 0 bridgehead atoms. The third-order valence-corrected chi connectivity index (χ3v) is 4.16. The highest BCUT2D eigenvalue weighted by Gasteiger charge is 2.41. The molecule has 1 heterocycles. The van der Waals surface area contributed by atoms with Gasteiger partial charge in [0, 0.05) is 12.0 Å². The van der Waals surface area contributed by atoms with E-state index in [1.807, 2.05) is 12.1 Å². The molecule has 3 nitrogen and oxygen atoms in total. The molecule has 0 aliphatic carbocycles. The van der Waals surface area contributed by atoms with Gasteiger partial charge in [0.2, 0.25) is 0 Å². The Bertz CT molecular complexity index is 409. The summed E-state index contributed by atoms with van der Waals surface area (Å²) in [7, 11) is 1.70. The van der Waals surface area contributed by atoms with Crippen molar-refractivity contribution in [2.24, 2.45) is 5.73 Å². The van der Waals surface area contributed by atoms with Crippen molar-refractivity contribution in [3.63, 3.8) is 0 Å². The number of nitrogens with two attached hydrogens (primary N) is 1. The van der Waals surface area contributed by atoms with E-state index in [1.165, 1.54) is 5.56 Å². The van der Waals surface area contributed by atoms with Gasteiger partial charge in [0.25, 0.3) is 0 Å². The van der Waals surface area contributed by atoms with E-state index in [-0.39, 0.29) is 11.0 Å². The molecule has 19 heavy (non-hydrogen) atoms. The summed E-state index contributed by atoms with van der Waals surface area (Å²) in [6.07, 6.45) is 3.07. The zero-order valence-corrected chi connectivity index (χ0v) is 12.2. The van der Waals surface area contributed by atoms with Crippen LogP contribution in [0, 0.1) is 0 Å². The Morgan fingerprint density at radius 1 is 1.26 bits per heavy atom. The molecule has 1 atom stereocenters. The van der Waals surface area contributed by atoms with Crippen LogP contribution in [0.2, 0.25) is 0 Å². The predicted octanol–water partition coefficient (Wildman–Crippen LogP) is 2.87. The standard InChI is InChI=1S/C16H25NO2/c1-15(2)12-16(8-10-17,9-11-19-15)13-4-6-14(18-3)7-5-13/h4-7H,8-12,17H2,1-3H3. The van der Waals surface area contributed by atoms with Crippen LogP contribution in [-0.4, -0.2) is 25.9 Å². The van der Waals surface area contributed by atoms with E-state index in [4.69, 9.17) is 15.2 Å². The first kappa shape index (κ1) is 14.4. The number of benzene rings is 1. The molecule has 1 aromatic rings. The number of rotatable bonds is 4. The van der Waals surface area contributed by atoms with Crippen LogP contribution in [0.4, 0.5) is 0 Å². The molecule has 3 heteroatoms. The van der Waals surface area contributed by atoms with Gasteiger partial charge in [-0.15, -0.1) is 0 Å². The number of ether oxygens (including phenoxy) is 2. The average Bonchev–Trinajstić information content (AvgIpc) is 2.38. The summed E-state index contributed by atoms with van der Waals surface area (Å²) in [4.78, 5) is 0. The molecule has 1 unspecified atom stereocenters. The Hall–Kier alpha value is -1.06. The van der Waals surface area contributed by atoms with E-state index >= 15 is 0 Å². The molecule has 0 radical (unpaired) electrons. The number of hydrogen-bond acceptors (Lipinski definition) is 3. The SMILES string of the molecule is COc1ccc(C2(CCN)CCOC(C)(C)C2)cc1. The molecule has 2 rings (SSSR count). The summed E-state index contributed by atoms with van der Waals surface area (Å²) in [5.74, 6) is 0.901. The van der Waals surface area contributed by atoms with Crippen LogP contribution in [0.3, 0.4) is 0 Å². The van der Waals surface area contributed by atoms with Crippen molar-refractivity contribution in [2.45, 2.75) is 44.1 Å². The molecule has 0 amide bonds. The minimum atomic E-state index is -0.0760. The van der Waals surface area contributed by atoms with E-state index in [0.717, 1.165) is 31.6 Å². The van der Waals surface area contributed by atoms with Crippen LogP contribution in [0.15, 0.2) is 24.3 Å². The Morgan fingerprint density at radius 3 is 2.47 bits per heavy atom. The lowest BCUT2D eigenvalue weighted by Gasteiger charge is -2.45. The first-order valence-electron chi connectivity index (χ1n) is 7.00. The molecule has 0 spiro atoms. The highest BCUT2D eigenvalue weighted by molar-refractivity contribution is 5.33. The highest BCUT2D eigenvalue weighted by Crippen LogP contribution is 2.44. The van der Waals surface area contributed by atoms with Gasteiger partial charge in [0.05, 0.1) is 12.7 Å². The third kappa shape index (κ3) is 3.10. The van der Waals surface area contributed by atoms with Crippen molar-refractivity contribution in [2.75, 3.05) is 20.3 Å². The lowest BCUT2D eigenvalue weighted by Crippen LogP contribution is -2.45. The number of hydrogen-bond donors (Lipinski definition) is 1. The van der Waals surface area contributed by atoms with E-state index in [9.17, 15) is 0 Å². The fourth-order valence-corrected chi connectivity index (χ4v) is 3.30. The van der Waals surface area contributed by atoms with Crippen molar-refractivity contribution in [1.29, 1.82) is 0 Å². The second kappa shape index (κ2) is 5.51. The first-order valence-corrected chi connectivity index (χ1v) is 7.00. The Kier molecular flexibility index (Phi) is 4.16. The van der Waals surface area contributed by atoms with Crippen LogP contribution >= 0.6 is 0 Å². The summed E-state index contributed by atoms with van der Waals surface area (Å²) in [6, 6.07) is 8.43. The molecule has 1 aromatic carbocycles. The van der Waals surface area contributed by atoms with Gasteiger partial charge in [-0.05, 0) is 57.4 Å². The van der Waals surface area contributed by atoms with Crippen molar-refractivity contribution < 1.29 is 9.47 Å². The summed E-state index contributed by atoms with van der Waals surface area (Å²) < 4.78 is 11.1. The Balaban J connectivity index is 2.32. The predicted molar refractivity (Wildman–Crippen MR) is 77.6 cm³/mol. The second-order valence-corrected chi connectivity index (χ2v) is 6.08. The van der Waals surface area contributed by atoms with Crippen molar-refractivity contribution in [3.8, 4) is 5.75 Å². The van der Waals surface area contributed by atoms with Gasteiger partial charge in [-0.1, -0.05) is 12.1 Å². The largest absolute Gasteiger partial charge is 0.497 e. The quantitative estimate of drug-likeness (QED) is 0.908. The van der Waals surface area contributed by atoms with Gasteiger partial charge in [-0.25, -0.2) is 0 Å². The molecular formula is C16H25NO2. The van der Waals surface area contributed by atoms with Crippen molar-refractivity contribution >= 4 is 0 Å². The number of methoxy groups -OCH3 is 1. The lowest BCUT2D eigenvalue weighted by molar-refractivity contribution is -0.0836. The minimum Gasteiger partial charge on any atom is -0.497 e. The Labute approximate surface area is 116 Å². The van der Waals surface area contributed by atoms with Crippen LogP contribution in [0.1, 0.15) is 38.7 Å². The fraction of sp³-hybridized carbons (Fsp3) is 0.625. The normalized spacial score (nSPS) is 26.1. The molecule has 0 saturated carbocycles. The van der Waals surface area contributed by atoms with Crippen LogP contribution < -0.4 is 10.5 Å². The van der Waals surface area contributed by atoms with Gasteiger partial charge >= 0.3 is 0 Å². The maximum atomic E-state index is 5.87. The second-order valence-electron chi connectivity index (χ2n) is 6.08. The fourth-order valence-electron chi connectivity index (χ4n) is 3.30. The topological polar surface area (TPSA) is 44.5 Å². The molecule has 0 aromatic heterocycles. The summed E-state index contributed by atoms with van der Waals surface area (Å²) >= 11 is 0. The van der Waals surface area contributed by atoms with Crippen molar-refractivity contribution in [3.05, 3.63) is 29.8 Å². The molecule has 2 N–H and O–H groups in total. The summed E-state index contributed by atoms with van der Waals surface area (Å²) in [5, 5.41) is 0. The molecular weight excluding hydrogens is 238 g/mol. The van der Waals surface area contributed by atoms with E-state index in [0.29, 0.717) is 6.54 Å². The van der Waals surface area contributed by atoms with Gasteiger partial charge < -0.3 is 15.2 Å². The van der Waals surface area contributed by atoms with Crippen LogP contribution in [0.5, 0.6) is 5.75 Å². The first-order chi connectivity index (χ1) is 9.01. The maximum Gasteiger partial charge on any atom is 0.118 e. The molecule has 1 fully saturated rings. The van der Waals surface area contributed by atoms with Crippen LogP contribution in [-0.2, 0) is 10.2 Å². The maximum absolute atomic E-state index is 5.87. The van der Waals surface area contributed by atoms with Gasteiger partial charge in [-0.3, -0.25) is 0 Å². The van der Waals surface area contributed by atoms with E-state index < -0.39 is 0 Å². The zero-order chi connectivity index (χ0) is 13.9. The molecule has 106 valence electrons. The lowest BCUT2D eigenvalue weighted by atomic mass is 9.67. The minimum absolute atomic E-state index is 0.0760. The summed E-state index contributed by atoms with van der Waals surface area (Å²) in [6.45, 7) is 5.85. The summed E-state index contributed by atoms with van der Waals surface area (Å²) in [5.41, 5.74) is 7.28. The van der Waals surface area contributed by atoms with Gasteiger partial charge in [0.1, 0.15) is 5.75 Å². The van der Waals surface area contributed by atoms with Gasteiger partial charge in [0.15, 0.2) is 0 Å². The zero-order valence-electron chi connectivity index (χ0n) is 12.2. The third-order valence-electron chi connectivity index (χ3n) is 4.16. The monoisotopic (exact) mass is 263 g/mol. The van der Waals surface area contributed by atoms with E-state index in [1.54, 1.807) is 7.11 Å². The van der Waals surface area contributed by atoms with E-state index in [2.05, 4.69) is 26.0 Å².